The molecule has 0 aromatic carbocycles. The molecule has 2 saturated heterocycles. The number of carbonyl (C=O) groups is 2. The Kier molecular flexibility index (Phi) is 34.7. The summed E-state index contributed by atoms with van der Waals surface area (Å²) >= 11 is 0. The summed E-state index contributed by atoms with van der Waals surface area (Å²) in [6.07, 6.45) is 27.8. The number of unbranched alkanes of at least 4 members (excludes halogenated alkanes) is 11. The van der Waals surface area contributed by atoms with E-state index in [1.807, 2.05) is 0 Å². The van der Waals surface area contributed by atoms with Crippen LogP contribution < -0.4 is 0 Å². The lowest BCUT2D eigenvalue weighted by Crippen LogP contribution is -2.61. The van der Waals surface area contributed by atoms with E-state index >= 15 is 0 Å². The maximum absolute atomic E-state index is 13.0. The minimum absolute atomic E-state index is 0.121. The second-order valence-corrected chi connectivity index (χ2v) is 17.3. The van der Waals surface area contributed by atoms with Gasteiger partial charge in [-0.2, -0.15) is 0 Å². The highest BCUT2D eigenvalue weighted by molar-refractivity contribution is 5.70. The molecule has 0 aromatic heterocycles. The fraction of sp³-hybridized carbons (Fsp3) is 0.731. The smallest absolute Gasteiger partial charge is 0.306 e. The molecule has 0 radical (unpaired) electrons. The molecule has 0 aliphatic carbocycles. The van der Waals surface area contributed by atoms with Crippen molar-refractivity contribution in [2.75, 3.05) is 26.4 Å². The quantitative estimate of drug-likeness (QED) is 0.0196. The average Bonchev–Trinajstić information content (AvgIpc) is 3.32. The van der Waals surface area contributed by atoms with E-state index in [1.165, 1.54) is 19.3 Å². The van der Waals surface area contributed by atoms with Gasteiger partial charge < -0.3 is 64.2 Å². The molecule has 15 heteroatoms. The normalized spacial score (nSPS) is 26.6. The van der Waals surface area contributed by atoms with E-state index in [0.717, 1.165) is 89.9 Å². The Bertz CT molecular complexity index is 1440. The fourth-order valence-electron chi connectivity index (χ4n) is 7.22. The van der Waals surface area contributed by atoms with Crippen molar-refractivity contribution >= 4 is 11.9 Å². The first kappa shape index (κ1) is 60.1. The van der Waals surface area contributed by atoms with Crippen LogP contribution in [-0.2, 0) is 38.0 Å². The first-order valence-electron chi connectivity index (χ1n) is 25.0. The monoisotopic (exact) mass is 951 g/mol. The van der Waals surface area contributed by atoms with E-state index in [1.54, 1.807) is 0 Å². The second-order valence-electron chi connectivity index (χ2n) is 17.3. The van der Waals surface area contributed by atoms with Gasteiger partial charge in [0, 0.05) is 12.8 Å². The summed E-state index contributed by atoms with van der Waals surface area (Å²) in [7, 11) is 0. The molecule has 2 rings (SSSR count). The molecule has 11 atom stereocenters. The third kappa shape index (κ3) is 27.1. The average molecular weight is 951 g/mol. The van der Waals surface area contributed by atoms with Crippen molar-refractivity contribution < 1.29 is 73.8 Å². The maximum atomic E-state index is 13.0. The molecule has 2 heterocycles. The molecule has 0 amide bonds. The van der Waals surface area contributed by atoms with Gasteiger partial charge in [0.1, 0.15) is 55.4 Å². The van der Waals surface area contributed by atoms with Gasteiger partial charge in [0.25, 0.3) is 0 Å². The first-order chi connectivity index (χ1) is 32.5. The maximum Gasteiger partial charge on any atom is 0.306 e. The SMILES string of the molecule is CCC/C=C/C/C=C/C/C=C/C/C=C/CCCCCC(=O)O[C@H](COC(=O)CCCCCCC/C=C/C/C=C/CCCC)CO[C@H]1O[C@@H](CO[C@H]2O[C@@H](CO)[C@@H](O)C(O)C2O)[C@@H](O)C(O)C1O. The molecule has 7 N–H and O–H groups in total. The zero-order valence-corrected chi connectivity index (χ0v) is 40.4. The molecular formula is C52H86O15. The summed E-state index contributed by atoms with van der Waals surface area (Å²) < 4.78 is 33.5. The van der Waals surface area contributed by atoms with Gasteiger partial charge in [0.2, 0.25) is 0 Å². The Hall–Kier alpha value is -3.06. The minimum atomic E-state index is -1.78. The zero-order valence-electron chi connectivity index (χ0n) is 40.4. The standard InChI is InChI=1S/C52H86O15/c1-3-5-7-9-11-13-15-17-19-20-21-23-25-27-29-31-33-35-44(55)65-40(37-62-43(54)34-32-30-28-26-24-22-18-16-14-12-10-8-6-4-2)38-63-51-50(61)48(59)46(57)42(67-51)39-64-52-49(60)47(58)45(56)41(36-53)66-52/h7,9-10,12-13,15-16,18-20,23,25,40-42,45-53,56-61H,3-6,8,11,14,17,21-22,24,26-39H2,1-2H3/b9-7+,12-10+,15-13+,18-16+,20-19+,25-23+/t40-,41+,42+,45-,46-,47?,48?,49?,50?,51+,52+/m1/s1. The molecule has 67 heavy (non-hydrogen) atoms. The summed E-state index contributed by atoms with van der Waals surface area (Å²) in [5, 5.41) is 72.0. The summed E-state index contributed by atoms with van der Waals surface area (Å²) in [6.45, 7) is 2.41. The van der Waals surface area contributed by atoms with Crippen LogP contribution in [0.1, 0.15) is 149 Å². The number of hydrogen-bond acceptors (Lipinski definition) is 15. The highest BCUT2D eigenvalue weighted by Gasteiger charge is 2.47. The van der Waals surface area contributed by atoms with Crippen LogP contribution in [0.2, 0.25) is 0 Å². The molecule has 2 aliphatic heterocycles. The molecule has 0 bridgehead atoms. The van der Waals surface area contributed by atoms with E-state index in [9.17, 15) is 45.3 Å². The minimum Gasteiger partial charge on any atom is -0.462 e. The van der Waals surface area contributed by atoms with Crippen molar-refractivity contribution in [2.24, 2.45) is 0 Å². The van der Waals surface area contributed by atoms with E-state index in [4.69, 9.17) is 28.4 Å². The van der Waals surface area contributed by atoms with Crippen LogP contribution in [0.25, 0.3) is 0 Å². The predicted molar refractivity (Wildman–Crippen MR) is 256 cm³/mol. The lowest BCUT2D eigenvalue weighted by atomic mass is 9.98. The van der Waals surface area contributed by atoms with Gasteiger partial charge in [-0.05, 0) is 77.0 Å². The number of ether oxygens (including phenoxy) is 6. The first-order valence-corrected chi connectivity index (χ1v) is 25.0. The van der Waals surface area contributed by atoms with Crippen molar-refractivity contribution in [3.05, 3.63) is 72.9 Å². The molecule has 2 fully saturated rings. The van der Waals surface area contributed by atoms with Crippen LogP contribution in [0.3, 0.4) is 0 Å². The number of aliphatic hydroxyl groups is 7. The Morgan fingerprint density at radius 2 is 0.925 bits per heavy atom. The third-order valence-corrected chi connectivity index (χ3v) is 11.4. The van der Waals surface area contributed by atoms with Crippen LogP contribution in [-0.4, -0.2) is 142 Å². The van der Waals surface area contributed by atoms with Crippen molar-refractivity contribution in [1.82, 2.24) is 0 Å². The highest BCUT2D eigenvalue weighted by atomic mass is 16.7. The Morgan fingerprint density at radius 1 is 0.478 bits per heavy atom. The van der Waals surface area contributed by atoms with Crippen LogP contribution in [0.4, 0.5) is 0 Å². The van der Waals surface area contributed by atoms with Crippen molar-refractivity contribution in [2.45, 2.75) is 216 Å². The van der Waals surface area contributed by atoms with Gasteiger partial charge in [-0.1, -0.05) is 132 Å². The number of carbonyl (C=O) groups excluding carboxylic acids is 2. The lowest BCUT2D eigenvalue weighted by molar-refractivity contribution is -0.332. The Labute approximate surface area is 400 Å². The molecule has 384 valence electrons. The molecule has 0 spiro atoms. The molecule has 0 saturated carbocycles. The molecule has 15 nitrogen and oxygen atoms in total. The molecule has 2 aliphatic rings. The number of rotatable bonds is 37. The zero-order chi connectivity index (χ0) is 48.9. The highest BCUT2D eigenvalue weighted by Crippen LogP contribution is 2.26. The Balaban J connectivity index is 1.85. The third-order valence-electron chi connectivity index (χ3n) is 11.4. The van der Waals surface area contributed by atoms with E-state index in [-0.39, 0.29) is 19.4 Å². The molecule has 0 aromatic rings. The van der Waals surface area contributed by atoms with Gasteiger partial charge in [0.05, 0.1) is 19.8 Å². The van der Waals surface area contributed by atoms with Crippen molar-refractivity contribution in [1.29, 1.82) is 0 Å². The van der Waals surface area contributed by atoms with Gasteiger partial charge >= 0.3 is 11.9 Å². The van der Waals surface area contributed by atoms with Crippen LogP contribution in [0.15, 0.2) is 72.9 Å². The van der Waals surface area contributed by atoms with Gasteiger partial charge in [-0.3, -0.25) is 9.59 Å². The number of aliphatic hydroxyl groups excluding tert-OH is 7. The van der Waals surface area contributed by atoms with Gasteiger partial charge in [0.15, 0.2) is 18.7 Å². The summed E-state index contributed by atoms with van der Waals surface area (Å²) in [5.74, 6) is -0.985. The molecule has 4 unspecified atom stereocenters. The van der Waals surface area contributed by atoms with E-state index < -0.39 is 99.3 Å². The van der Waals surface area contributed by atoms with Crippen LogP contribution >= 0.6 is 0 Å². The Morgan fingerprint density at radius 3 is 1.48 bits per heavy atom. The van der Waals surface area contributed by atoms with E-state index in [2.05, 4.69) is 86.8 Å². The largest absolute Gasteiger partial charge is 0.462 e. The number of esters is 2. The predicted octanol–water partition coefficient (Wildman–Crippen LogP) is 6.65. The molecular weight excluding hydrogens is 865 g/mol. The summed E-state index contributed by atoms with van der Waals surface area (Å²) in [5.41, 5.74) is 0. The van der Waals surface area contributed by atoms with Crippen molar-refractivity contribution in [3.8, 4) is 0 Å². The number of hydrogen-bond donors (Lipinski definition) is 7. The van der Waals surface area contributed by atoms with Crippen LogP contribution in [0.5, 0.6) is 0 Å². The topological polar surface area (TPSA) is 231 Å². The van der Waals surface area contributed by atoms with E-state index in [0.29, 0.717) is 12.8 Å². The summed E-state index contributed by atoms with van der Waals surface area (Å²) in [6, 6.07) is 0. The second kappa shape index (κ2) is 38.8. The van der Waals surface area contributed by atoms with Crippen LogP contribution in [0, 0.1) is 0 Å². The van der Waals surface area contributed by atoms with Crippen molar-refractivity contribution in [3.63, 3.8) is 0 Å². The lowest BCUT2D eigenvalue weighted by Gasteiger charge is -2.42. The number of allylic oxidation sites excluding steroid dienone is 12. The summed E-state index contributed by atoms with van der Waals surface area (Å²) in [4.78, 5) is 25.7. The van der Waals surface area contributed by atoms with Gasteiger partial charge in [-0.25, -0.2) is 0 Å². The fourth-order valence-corrected chi connectivity index (χ4v) is 7.22. The van der Waals surface area contributed by atoms with Gasteiger partial charge in [-0.15, -0.1) is 0 Å².